The van der Waals surface area contributed by atoms with Crippen LogP contribution in [0.15, 0.2) is 24.3 Å². The van der Waals surface area contributed by atoms with Crippen molar-refractivity contribution in [3.05, 3.63) is 34.4 Å². The summed E-state index contributed by atoms with van der Waals surface area (Å²) >= 11 is 0. The zero-order valence-corrected chi connectivity index (χ0v) is 14.0. The average molecular weight is 282 g/mol. The van der Waals surface area contributed by atoms with E-state index in [1.807, 2.05) is 12.1 Å². The summed E-state index contributed by atoms with van der Waals surface area (Å²) in [5.74, 6) is 0. The second-order valence-corrected chi connectivity index (χ2v) is 16.5. The minimum atomic E-state index is -1.48. The fourth-order valence-electron chi connectivity index (χ4n) is 2.50. The molecule has 0 aromatic heterocycles. The van der Waals surface area contributed by atoms with Crippen LogP contribution in [0.3, 0.4) is 0 Å². The first kappa shape index (κ1) is 14.9. The van der Waals surface area contributed by atoms with Crippen molar-refractivity contribution in [1.29, 1.82) is 0 Å². The second kappa shape index (κ2) is 4.85. The third-order valence-corrected chi connectivity index (χ3v) is 9.88. The quantitative estimate of drug-likeness (QED) is 0.475. The first-order valence-electron chi connectivity index (χ1n) is 6.08. The summed E-state index contributed by atoms with van der Waals surface area (Å²) in [7, 11) is -2.96. The van der Waals surface area contributed by atoms with Crippen molar-refractivity contribution in [3.8, 4) is 0 Å². The van der Waals surface area contributed by atoms with Gasteiger partial charge in [0.2, 0.25) is 0 Å². The maximum atomic E-state index is 10.7. The number of non-ortho nitro benzene ring substituents is 1. The molecule has 18 heavy (non-hydrogen) atoms. The van der Waals surface area contributed by atoms with Crippen molar-refractivity contribution in [1.82, 2.24) is 0 Å². The van der Waals surface area contributed by atoms with E-state index in [2.05, 4.69) is 43.5 Å². The minimum absolute atomic E-state index is 0.157. The van der Waals surface area contributed by atoms with E-state index in [-0.39, 0.29) is 10.6 Å². The van der Waals surface area contributed by atoms with Crippen molar-refractivity contribution < 1.29 is 4.92 Å². The molecule has 100 valence electrons. The van der Waals surface area contributed by atoms with Crippen LogP contribution in [0.25, 0.3) is 0 Å². The number of hydrogen-bond acceptors (Lipinski definition) is 3. The molecule has 0 radical (unpaired) electrons. The van der Waals surface area contributed by atoms with Crippen molar-refractivity contribution >= 4 is 27.8 Å². The predicted molar refractivity (Wildman–Crippen MR) is 82.3 cm³/mol. The third kappa shape index (κ3) is 3.42. The van der Waals surface area contributed by atoms with Gasteiger partial charge in [0.25, 0.3) is 5.69 Å². The monoisotopic (exact) mass is 282 g/mol. The summed E-state index contributed by atoms with van der Waals surface area (Å²) in [4.78, 5) is 10.3. The SMILES string of the molecule is C[Si](C)(C)N(c1ccc([N+](=O)[O-])cc1)[Si](C)(C)C. The van der Waals surface area contributed by atoms with E-state index < -0.39 is 16.5 Å². The molecule has 0 aliphatic heterocycles. The highest BCUT2D eigenvalue weighted by Gasteiger charge is 2.34. The van der Waals surface area contributed by atoms with Crippen LogP contribution in [0.1, 0.15) is 0 Å². The first-order chi connectivity index (χ1) is 8.03. The van der Waals surface area contributed by atoms with Gasteiger partial charge in [0, 0.05) is 17.8 Å². The van der Waals surface area contributed by atoms with E-state index in [1.54, 1.807) is 12.1 Å². The Kier molecular flexibility index (Phi) is 4.02. The van der Waals surface area contributed by atoms with Crippen molar-refractivity contribution in [3.63, 3.8) is 0 Å². The number of nitro groups is 1. The molecule has 0 N–H and O–H groups in total. The molecule has 0 saturated carbocycles. The van der Waals surface area contributed by atoms with E-state index in [1.165, 1.54) is 0 Å². The molecule has 1 aromatic carbocycles. The van der Waals surface area contributed by atoms with Gasteiger partial charge in [-0.25, -0.2) is 0 Å². The van der Waals surface area contributed by atoms with Gasteiger partial charge in [0.1, 0.15) is 16.5 Å². The predicted octanol–water partition coefficient (Wildman–Crippen LogP) is 4.07. The van der Waals surface area contributed by atoms with Gasteiger partial charge in [0.15, 0.2) is 0 Å². The summed E-state index contributed by atoms with van der Waals surface area (Å²) in [6.07, 6.45) is 0. The van der Waals surface area contributed by atoms with Crippen LogP contribution >= 0.6 is 0 Å². The summed E-state index contributed by atoms with van der Waals surface area (Å²) < 4.78 is 2.55. The van der Waals surface area contributed by atoms with Crippen LogP contribution in [-0.2, 0) is 0 Å². The molecular weight excluding hydrogens is 260 g/mol. The van der Waals surface area contributed by atoms with E-state index in [9.17, 15) is 10.1 Å². The van der Waals surface area contributed by atoms with Gasteiger partial charge < -0.3 is 4.23 Å². The van der Waals surface area contributed by atoms with Crippen LogP contribution in [0, 0.1) is 10.1 Å². The van der Waals surface area contributed by atoms with E-state index in [0.29, 0.717) is 0 Å². The number of rotatable bonds is 4. The molecular formula is C12H22N2O2Si2. The van der Waals surface area contributed by atoms with Gasteiger partial charge in [-0.1, -0.05) is 39.3 Å². The number of anilines is 1. The zero-order chi connectivity index (χ0) is 14.1. The summed E-state index contributed by atoms with van der Waals surface area (Å²) in [5.41, 5.74) is 1.28. The lowest BCUT2D eigenvalue weighted by Crippen LogP contribution is -2.59. The van der Waals surface area contributed by atoms with E-state index in [0.717, 1.165) is 5.69 Å². The summed E-state index contributed by atoms with van der Waals surface area (Å²) in [6, 6.07) is 6.97. The molecule has 0 amide bonds. The lowest BCUT2D eigenvalue weighted by molar-refractivity contribution is -0.384. The highest BCUT2D eigenvalue weighted by atomic mass is 28.4. The summed E-state index contributed by atoms with van der Waals surface area (Å²) in [6.45, 7) is 13.9. The molecule has 0 bridgehead atoms. The molecule has 6 heteroatoms. The molecule has 0 aliphatic carbocycles. The van der Waals surface area contributed by atoms with Gasteiger partial charge in [-0.05, 0) is 12.1 Å². The van der Waals surface area contributed by atoms with Gasteiger partial charge in [-0.2, -0.15) is 0 Å². The van der Waals surface area contributed by atoms with Crippen LogP contribution in [-0.4, -0.2) is 21.4 Å². The molecule has 0 saturated heterocycles. The number of nitro benzene ring substituents is 1. The minimum Gasteiger partial charge on any atom is -0.425 e. The fraction of sp³-hybridized carbons (Fsp3) is 0.500. The number of hydrogen-bond donors (Lipinski definition) is 0. The molecule has 4 nitrogen and oxygen atoms in total. The molecule has 0 spiro atoms. The number of benzene rings is 1. The summed E-state index contributed by atoms with van der Waals surface area (Å²) in [5, 5.41) is 10.7. The second-order valence-electron chi connectivity index (χ2n) is 6.45. The topological polar surface area (TPSA) is 46.4 Å². The smallest absolute Gasteiger partial charge is 0.269 e. The Bertz CT molecular complexity index is 419. The molecule has 0 aliphatic rings. The highest BCUT2D eigenvalue weighted by Crippen LogP contribution is 2.29. The van der Waals surface area contributed by atoms with Crippen molar-refractivity contribution in [2.24, 2.45) is 0 Å². The largest absolute Gasteiger partial charge is 0.425 e. The molecule has 1 aromatic rings. The van der Waals surface area contributed by atoms with Crippen LogP contribution in [0.5, 0.6) is 0 Å². The van der Waals surface area contributed by atoms with Crippen LogP contribution in [0.4, 0.5) is 11.4 Å². The lowest BCUT2D eigenvalue weighted by Gasteiger charge is -2.45. The fourth-order valence-corrected chi connectivity index (χ4v) is 12.4. The first-order valence-corrected chi connectivity index (χ1v) is 13.0. The Balaban J connectivity index is 3.20. The van der Waals surface area contributed by atoms with E-state index in [4.69, 9.17) is 0 Å². The van der Waals surface area contributed by atoms with Crippen LogP contribution in [0.2, 0.25) is 39.3 Å². The maximum Gasteiger partial charge on any atom is 0.269 e. The molecule has 0 unspecified atom stereocenters. The molecule has 1 rings (SSSR count). The molecule has 0 fully saturated rings. The Labute approximate surface area is 111 Å². The highest BCUT2D eigenvalue weighted by molar-refractivity contribution is 6.99. The van der Waals surface area contributed by atoms with Gasteiger partial charge in [-0.3, -0.25) is 10.1 Å². The third-order valence-electron chi connectivity index (χ3n) is 2.66. The normalized spacial score (nSPS) is 12.3. The standard InChI is InChI=1S/C12H22N2O2Si2/c1-17(2,3)14(18(4,5)6)12-9-7-11(8-10-12)13(15)16/h7-10H,1-6H3. The van der Waals surface area contributed by atoms with Gasteiger partial charge in [-0.15, -0.1) is 0 Å². The molecule has 0 atom stereocenters. The Morgan fingerprint density at radius 1 is 0.944 bits per heavy atom. The van der Waals surface area contributed by atoms with Gasteiger partial charge in [0.05, 0.1) is 4.92 Å². The molecule has 0 heterocycles. The zero-order valence-electron chi connectivity index (χ0n) is 12.0. The Morgan fingerprint density at radius 3 is 1.61 bits per heavy atom. The Hall–Kier alpha value is -1.15. The van der Waals surface area contributed by atoms with Crippen molar-refractivity contribution in [2.45, 2.75) is 39.3 Å². The number of nitrogens with zero attached hydrogens (tertiary/aromatic N) is 2. The lowest BCUT2D eigenvalue weighted by atomic mass is 10.3. The van der Waals surface area contributed by atoms with E-state index >= 15 is 0 Å². The Morgan fingerprint density at radius 2 is 1.33 bits per heavy atom. The van der Waals surface area contributed by atoms with Gasteiger partial charge >= 0.3 is 0 Å². The van der Waals surface area contributed by atoms with Crippen molar-refractivity contribution in [2.75, 3.05) is 4.23 Å². The average Bonchev–Trinajstić information content (AvgIpc) is 2.13. The maximum absolute atomic E-state index is 10.7. The van der Waals surface area contributed by atoms with Crippen LogP contribution < -0.4 is 4.23 Å².